The fourth-order valence-corrected chi connectivity index (χ4v) is 2.83. The Morgan fingerprint density at radius 2 is 1.96 bits per heavy atom. The lowest BCUT2D eigenvalue weighted by atomic mass is 10.2. The molecule has 1 amide bonds. The molecule has 3 rings (SSSR count). The first kappa shape index (κ1) is 15.3. The molecule has 23 heavy (non-hydrogen) atoms. The van der Waals surface area contributed by atoms with Crippen molar-refractivity contribution in [1.82, 2.24) is 10.3 Å². The smallest absolute Gasteiger partial charge is 0.270 e. The summed E-state index contributed by atoms with van der Waals surface area (Å²) < 4.78 is 5.21. The third-order valence-corrected chi connectivity index (χ3v) is 4.04. The number of aromatic nitrogens is 1. The summed E-state index contributed by atoms with van der Waals surface area (Å²) in [5.74, 6) is 0.675. The predicted octanol–water partition coefficient (Wildman–Crippen LogP) is 3.51. The van der Waals surface area contributed by atoms with Crippen molar-refractivity contribution in [1.29, 1.82) is 0 Å². The molecule has 1 saturated carbocycles. The molecule has 1 fully saturated rings. The Bertz CT molecular complexity index is 681. The molecule has 0 bridgehead atoms. The van der Waals surface area contributed by atoms with Crippen LogP contribution in [0, 0.1) is 0 Å². The van der Waals surface area contributed by atoms with Crippen molar-refractivity contribution in [2.75, 3.05) is 12.4 Å². The number of methoxy groups -OCH3 is 1. The second kappa shape index (κ2) is 7.13. The number of carbonyl (C=O) groups is 1. The van der Waals surface area contributed by atoms with Gasteiger partial charge in [0.25, 0.3) is 5.91 Å². The van der Waals surface area contributed by atoms with E-state index in [0.717, 1.165) is 30.0 Å². The van der Waals surface area contributed by atoms with Crippen molar-refractivity contribution in [2.24, 2.45) is 0 Å². The molecule has 0 aliphatic heterocycles. The number of rotatable bonds is 5. The van der Waals surface area contributed by atoms with Gasteiger partial charge < -0.3 is 15.4 Å². The van der Waals surface area contributed by atoms with Gasteiger partial charge in [0.05, 0.1) is 7.11 Å². The normalized spacial score (nSPS) is 14.5. The van der Waals surface area contributed by atoms with E-state index in [4.69, 9.17) is 4.74 Å². The van der Waals surface area contributed by atoms with Crippen LogP contribution in [0.1, 0.15) is 36.2 Å². The topological polar surface area (TPSA) is 63.2 Å². The summed E-state index contributed by atoms with van der Waals surface area (Å²) in [6.07, 6.45) is 6.15. The molecule has 1 aliphatic rings. The molecule has 120 valence electrons. The molecule has 2 N–H and O–H groups in total. The molecule has 1 heterocycles. The van der Waals surface area contributed by atoms with Gasteiger partial charge in [-0.3, -0.25) is 9.78 Å². The van der Waals surface area contributed by atoms with Crippen LogP contribution >= 0.6 is 0 Å². The molecule has 0 radical (unpaired) electrons. The number of anilines is 2. The SMILES string of the molecule is COc1cccc(Nc2ccnc(C(=O)NC3CCCC3)c2)c1. The van der Waals surface area contributed by atoms with E-state index in [-0.39, 0.29) is 5.91 Å². The summed E-state index contributed by atoms with van der Waals surface area (Å²) >= 11 is 0. The summed E-state index contributed by atoms with van der Waals surface area (Å²) in [5, 5.41) is 6.32. The average Bonchev–Trinajstić information content (AvgIpc) is 3.08. The Morgan fingerprint density at radius 1 is 1.17 bits per heavy atom. The lowest BCUT2D eigenvalue weighted by Crippen LogP contribution is -2.33. The van der Waals surface area contributed by atoms with Gasteiger partial charge in [-0.15, -0.1) is 0 Å². The maximum atomic E-state index is 12.3. The predicted molar refractivity (Wildman–Crippen MR) is 90.2 cm³/mol. The number of hydrogen-bond donors (Lipinski definition) is 2. The van der Waals surface area contributed by atoms with E-state index in [2.05, 4.69) is 15.6 Å². The highest BCUT2D eigenvalue weighted by molar-refractivity contribution is 5.93. The summed E-state index contributed by atoms with van der Waals surface area (Å²) in [6.45, 7) is 0. The Balaban J connectivity index is 1.70. The van der Waals surface area contributed by atoms with E-state index >= 15 is 0 Å². The van der Waals surface area contributed by atoms with Gasteiger partial charge in [0.1, 0.15) is 11.4 Å². The van der Waals surface area contributed by atoms with E-state index in [0.29, 0.717) is 11.7 Å². The summed E-state index contributed by atoms with van der Waals surface area (Å²) in [6, 6.07) is 11.5. The maximum Gasteiger partial charge on any atom is 0.270 e. The molecule has 1 aliphatic carbocycles. The molecule has 1 aromatic heterocycles. The Labute approximate surface area is 136 Å². The minimum absolute atomic E-state index is 0.105. The second-order valence-electron chi connectivity index (χ2n) is 5.74. The quantitative estimate of drug-likeness (QED) is 0.887. The molecule has 0 spiro atoms. The first-order valence-electron chi connectivity index (χ1n) is 7.92. The summed E-state index contributed by atoms with van der Waals surface area (Å²) in [7, 11) is 1.64. The van der Waals surface area contributed by atoms with Crippen molar-refractivity contribution in [3.05, 3.63) is 48.3 Å². The molecule has 0 unspecified atom stereocenters. The van der Waals surface area contributed by atoms with Gasteiger partial charge >= 0.3 is 0 Å². The maximum absolute atomic E-state index is 12.3. The van der Waals surface area contributed by atoms with Crippen LogP contribution in [0.4, 0.5) is 11.4 Å². The zero-order valence-corrected chi connectivity index (χ0v) is 13.2. The summed E-state index contributed by atoms with van der Waals surface area (Å²) in [5.41, 5.74) is 2.16. The average molecular weight is 311 g/mol. The van der Waals surface area contributed by atoms with Crippen molar-refractivity contribution in [3.63, 3.8) is 0 Å². The van der Waals surface area contributed by atoms with Gasteiger partial charge in [0, 0.05) is 29.7 Å². The standard InChI is InChI=1S/C18H21N3O2/c1-23-16-8-4-7-14(11-16)20-15-9-10-19-17(12-15)18(22)21-13-5-2-3-6-13/h4,7-13H,2-3,5-6H2,1H3,(H,19,20)(H,21,22). The molecule has 0 atom stereocenters. The van der Waals surface area contributed by atoms with Crippen molar-refractivity contribution in [3.8, 4) is 5.75 Å². The zero-order chi connectivity index (χ0) is 16.1. The molecular weight excluding hydrogens is 290 g/mol. The van der Waals surface area contributed by atoms with Crippen LogP contribution in [0.3, 0.4) is 0 Å². The molecule has 2 aromatic rings. The highest BCUT2D eigenvalue weighted by atomic mass is 16.5. The van der Waals surface area contributed by atoms with Crippen LogP contribution in [0.2, 0.25) is 0 Å². The van der Waals surface area contributed by atoms with Gasteiger partial charge in [-0.1, -0.05) is 18.9 Å². The van der Waals surface area contributed by atoms with E-state index in [1.165, 1.54) is 12.8 Å². The first-order chi connectivity index (χ1) is 11.2. The van der Waals surface area contributed by atoms with Crippen LogP contribution in [-0.4, -0.2) is 24.0 Å². The number of nitrogens with zero attached hydrogens (tertiary/aromatic N) is 1. The van der Waals surface area contributed by atoms with Crippen LogP contribution in [-0.2, 0) is 0 Å². The fraction of sp³-hybridized carbons (Fsp3) is 0.333. The van der Waals surface area contributed by atoms with Gasteiger partial charge in [0.15, 0.2) is 0 Å². The number of hydrogen-bond acceptors (Lipinski definition) is 4. The third kappa shape index (κ3) is 4.00. The Kier molecular flexibility index (Phi) is 4.76. The van der Waals surface area contributed by atoms with Crippen LogP contribution in [0.25, 0.3) is 0 Å². The number of carbonyl (C=O) groups excluding carboxylic acids is 1. The lowest BCUT2D eigenvalue weighted by Gasteiger charge is -2.12. The van der Waals surface area contributed by atoms with E-state index in [1.807, 2.05) is 30.3 Å². The second-order valence-corrected chi connectivity index (χ2v) is 5.74. The van der Waals surface area contributed by atoms with Crippen molar-refractivity contribution < 1.29 is 9.53 Å². The van der Waals surface area contributed by atoms with Gasteiger partial charge in [-0.05, 0) is 37.1 Å². The lowest BCUT2D eigenvalue weighted by molar-refractivity contribution is 0.0933. The van der Waals surface area contributed by atoms with Crippen LogP contribution < -0.4 is 15.4 Å². The van der Waals surface area contributed by atoms with Gasteiger partial charge in [-0.25, -0.2) is 0 Å². The first-order valence-corrected chi connectivity index (χ1v) is 7.92. The molecule has 5 nitrogen and oxygen atoms in total. The highest BCUT2D eigenvalue weighted by Crippen LogP contribution is 2.22. The third-order valence-electron chi connectivity index (χ3n) is 4.04. The van der Waals surface area contributed by atoms with Crippen LogP contribution in [0.5, 0.6) is 5.75 Å². The minimum atomic E-state index is -0.105. The minimum Gasteiger partial charge on any atom is -0.497 e. The Hall–Kier alpha value is -2.56. The van der Waals surface area contributed by atoms with Gasteiger partial charge in [-0.2, -0.15) is 0 Å². The number of nitrogens with one attached hydrogen (secondary N) is 2. The number of amides is 1. The highest BCUT2D eigenvalue weighted by Gasteiger charge is 2.18. The van der Waals surface area contributed by atoms with Crippen molar-refractivity contribution in [2.45, 2.75) is 31.7 Å². The number of pyridine rings is 1. The zero-order valence-electron chi connectivity index (χ0n) is 13.2. The van der Waals surface area contributed by atoms with E-state index in [1.54, 1.807) is 19.4 Å². The monoisotopic (exact) mass is 311 g/mol. The fourth-order valence-electron chi connectivity index (χ4n) is 2.83. The Morgan fingerprint density at radius 3 is 2.74 bits per heavy atom. The van der Waals surface area contributed by atoms with Crippen LogP contribution in [0.15, 0.2) is 42.6 Å². The molecule has 1 aromatic carbocycles. The van der Waals surface area contributed by atoms with Crippen molar-refractivity contribution >= 4 is 17.3 Å². The summed E-state index contributed by atoms with van der Waals surface area (Å²) in [4.78, 5) is 16.5. The molecule has 0 saturated heterocycles. The number of ether oxygens (including phenoxy) is 1. The molecule has 5 heteroatoms. The number of benzene rings is 1. The van der Waals surface area contributed by atoms with E-state index < -0.39 is 0 Å². The molecular formula is C18H21N3O2. The van der Waals surface area contributed by atoms with E-state index in [9.17, 15) is 4.79 Å². The largest absolute Gasteiger partial charge is 0.497 e. The van der Waals surface area contributed by atoms with Gasteiger partial charge in [0.2, 0.25) is 0 Å².